The highest BCUT2D eigenvalue weighted by atomic mass is 14.7. The summed E-state index contributed by atoms with van der Waals surface area (Å²) in [5.41, 5.74) is 3.98. The van der Waals surface area contributed by atoms with E-state index >= 15 is 0 Å². The lowest BCUT2D eigenvalue weighted by Gasteiger charge is -2.18. The van der Waals surface area contributed by atoms with Gasteiger partial charge >= 0.3 is 0 Å². The summed E-state index contributed by atoms with van der Waals surface area (Å²) in [7, 11) is 0. The fourth-order valence-corrected chi connectivity index (χ4v) is 2.95. The molecule has 0 aliphatic heterocycles. The van der Waals surface area contributed by atoms with Gasteiger partial charge in [0.2, 0.25) is 0 Å². The average molecular weight is 273 g/mol. The van der Waals surface area contributed by atoms with Crippen LogP contribution in [0.5, 0.6) is 0 Å². The zero-order chi connectivity index (χ0) is 14.8. The van der Waals surface area contributed by atoms with Crippen molar-refractivity contribution in [3.8, 4) is 0 Å². The molecule has 0 saturated carbocycles. The van der Waals surface area contributed by atoms with E-state index in [9.17, 15) is 0 Å². The third-order valence-electron chi connectivity index (χ3n) is 4.07. The van der Waals surface area contributed by atoms with Crippen molar-refractivity contribution >= 4 is 12.4 Å². The van der Waals surface area contributed by atoms with Gasteiger partial charge in [-0.2, -0.15) is 0 Å². The highest BCUT2D eigenvalue weighted by Crippen LogP contribution is 2.31. The molecule has 0 N–H and O–H groups in total. The molecule has 0 aliphatic carbocycles. The van der Waals surface area contributed by atoms with Crippen molar-refractivity contribution in [2.75, 3.05) is 0 Å². The molecule has 112 valence electrons. The summed E-state index contributed by atoms with van der Waals surface area (Å²) >= 11 is 0. The molecular formula is C19H31N. The molecule has 1 nitrogen and oxygen atoms in total. The van der Waals surface area contributed by atoms with Crippen LogP contribution in [0.15, 0.2) is 23.2 Å². The Hall–Kier alpha value is -1.11. The Morgan fingerprint density at radius 2 is 1.70 bits per heavy atom. The maximum atomic E-state index is 4.19. The van der Waals surface area contributed by atoms with Crippen molar-refractivity contribution in [3.05, 3.63) is 29.3 Å². The summed E-state index contributed by atoms with van der Waals surface area (Å²) < 4.78 is 0. The third kappa shape index (κ3) is 5.11. The van der Waals surface area contributed by atoms with Crippen LogP contribution in [0.3, 0.4) is 0 Å². The van der Waals surface area contributed by atoms with Crippen molar-refractivity contribution < 1.29 is 0 Å². The fourth-order valence-electron chi connectivity index (χ4n) is 2.95. The van der Waals surface area contributed by atoms with Crippen LogP contribution in [-0.2, 0) is 6.42 Å². The molecule has 0 saturated heterocycles. The molecule has 0 bridgehead atoms. The summed E-state index contributed by atoms with van der Waals surface area (Å²) in [5.74, 6) is 0.716. The molecule has 20 heavy (non-hydrogen) atoms. The normalized spacial score (nSPS) is 11.0. The van der Waals surface area contributed by atoms with E-state index < -0.39 is 0 Å². The lowest BCUT2D eigenvalue weighted by atomic mass is 9.88. The molecule has 0 aromatic heterocycles. The van der Waals surface area contributed by atoms with E-state index in [0.717, 1.165) is 12.1 Å². The van der Waals surface area contributed by atoms with Crippen LogP contribution < -0.4 is 0 Å². The average Bonchev–Trinajstić information content (AvgIpc) is 2.47. The lowest BCUT2D eigenvalue weighted by Crippen LogP contribution is -2.00. The van der Waals surface area contributed by atoms with Crippen LogP contribution in [0.1, 0.15) is 82.8 Å². The van der Waals surface area contributed by atoms with E-state index in [4.69, 9.17) is 0 Å². The van der Waals surface area contributed by atoms with Gasteiger partial charge < -0.3 is 0 Å². The fraction of sp³-hybridized carbons (Fsp3) is 0.632. The predicted octanol–water partition coefficient (Wildman–Crippen LogP) is 6.44. The van der Waals surface area contributed by atoms with Crippen molar-refractivity contribution in [2.45, 2.75) is 78.1 Å². The molecule has 1 rings (SSSR count). The van der Waals surface area contributed by atoms with Gasteiger partial charge in [0.1, 0.15) is 0 Å². The van der Waals surface area contributed by atoms with Crippen LogP contribution in [0.4, 0.5) is 5.69 Å². The van der Waals surface area contributed by atoms with Crippen molar-refractivity contribution in [1.29, 1.82) is 0 Å². The number of hydrogen-bond acceptors (Lipinski definition) is 1. The van der Waals surface area contributed by atoms with Crippen LogP contribution in [-0.4, -0.2) is 6.72 Å². The minimum Gasteiger partial charge on any atom is -0.264 e. The Morgan fingerprint density at radius 3 is 2.25 bits per heavy atom. The molecule has 0 amide bonds. The molecule has 1 heteroatoms. The number of hydrogen-bond donors (Lipinski definition) is 0. The minimum absolute atomic E-state index is 0.716. The van der Waals surface area contributed by atoms with Gasteiger partial charge in [0, 0.05) is 0 Å². The van der Waals surface area contributed by atoms with Gasteiger partial charge in [0.15, 0.2) is 0 Å². The molecule has 1 aromatic rings. The number of unbranched alkanes of at least 4 members (excludes halogenated alkanes) is 2. The van der Waals surface area contributed by atoms with Crippen molar-refractivity contribution in [1.82, 2.24) is 0 Å². The van der Waals surface area contributed by atoms with Gasteiger partial charge in [0.05, 0.1) is 5.69 Å². The summed E-state index contributed by atoms with van der Waals surface area (Å²) in [4.78, 5) is 4.19. The van der Waals surface area contributed by atoms with Crippen LogP contribution in [0, 0.1) is 0 Å². The van der Waals surface area contributed by atoms with Gasteiger partial charge in [-0.05, 0) is 55.5 Å². The number of aliphatic imine (C=N–C) groups is 1. The van der Waals surface area contributed by atoms with Crippen molar-refractivity contribution in [3.63, 3.8) is 0 Å². The third-order valence-corrected chi connectivity index (χ3v) is 4.07. The first kappa shape index (κ1) is 16.9. The topological polar surface area (TPSA) is 12.4 Å². The second-order valence-electron chi connectivity index (χ2n) is 5.78. The van der Waals surface area contributed by atoms with E-state index in [2.05, 4.69) is 50.7 Å². The Kier molecular flexibility index (Phi) is 8.25. The summed E-state index contributed by atoms with van der Waals surface area (Å²) in [5, 5.41) is 0. The maximum Gasteiger partial charge on any atom is 0.0654 e. The van der Waals surface area contributed by atoms with E-state index in [0.29, 0.717) is 5.92 Å². The van der Waals surface area contributed by atoms with Gasteiger partial charge in [-0.25, -0.2) is 0 Å². The molecule has 0 fully saturated rings. The zero-order valence-corrected chi connectivity index (χ0v) is 13.6. The SMILES string of the molecule is C=Nc1ccc(C(CCC)CCC)cc1CCCCC. The monoisotopic (exact) mass is 273 g/mol. The van der Waals surface area contributed by atoms with Crippen LogP contribution in [0.25, 0.3) is 0 Å². The molecule has 0 spiro atoms. The van der Waals surface area contributed by atoms with E-state index in [1.807, 2.05) is 0 Å². The Morgan fingerprint density at radius 1 is 1.00 bits per heavy atom. The molecule has 0 heterocycles. The Labute approximate surface area is 125 Å². The van der Waals surface area contributed by atoms with Crippen LogP contribution in [0.2, 0.25) is 0 Å². The second kappa shape index (κ2) is 9.74. The minimum atomic E-state index is 0.716. The predicted molar refractivity (Wildman–Crippen MR) is 91.4 cm³/mol. The maximum absolute atomic E-state index is 4.19. The largest absolute Gasteiger partial charge is 0.264 e. The highest BCUT2D eigenvalue weighted by Gasteiger charge is 2.12. The zero-order valence-electron chi connectivity index (χ0n) is 13.6. The molecular weight excluding hydrogens is 242 g/mol. The second-order valence-corrected chi connectivity index (χ2v) is 5.78. The van der Waals surface area contributed by atoms with Gasteiger partial charge in [-0.15, -0.1) is 0 Å². The first-order valence-electron chi connectivity index (χ1n) is 8.36. The Balaban J connectivity index is 2.90. The summed E-state index contributed by atoms with van der Waals surface area (Å²) in [6.07, 6.45) is 10.1. The summed E-state index contributed by atoms with van der Waals surface area (Å²) in [6.45, 7) is 10.5. The van der Waals surface area contributed by atoms with E-state index in [-0.39, 0.29) is 0 Å². The number of benzene rings is 1. The van der Waals surface area contributed by atoms with Gasteiger partial charge in [-0.1, -0.05) is 58.6 Å². The van der Waals surface area contributed by atoms with Crippen molar-refractivity contribution in [2.24, 2.45) is 4.99 Å². The summed E-state index contributed by atoms with van der Waals surface area (Å²) in [6, 6.07) is 6.83. The lowest BCUT2D eigenvalue weighted by molar-refractivity contribution is 0.560. The van der Waals surface area contributed by atoms with Crippen LogP contribution >= 0.6 is 0 Å². The van der Waals surface area contributed by atoms with Gasteiger partial charge in [-0.3, -0.25) is 4.99 Å². The van der Waals surface area contributed by atoms with Gasteiger partial charge in [0.25, 0.3) is 0 Å². The molecule has 1 aromatic carbocycles. The molecule has 0 aliphatic rings. The number of aryl methyl sites for hydroxylation is 1. The number of nitrogens with zero attached hydrogens (tertiary/aromatic N) is 1. The first-order chi connectivity index (χ1) is 9.76. The van der Waals surface area contributed by atoms with E-state index in [1.54, 1.807) is 0 Å². The smallest absolute Gasteiger partial charge is 0.0654 e. The standard InChI is InChI=1S/C19H31N/c1-5-8-9-12-18-15-17(13-14-19(18)20-4)16(10-6-2)11-7-3/h13-16H,4-12H2,1-3H3. The number of rotatable bonds is 10. The molecule has 0 unspecified atom stereocenters. The quantitative estimate of drug-likeness (QED) is 0.344. The van der Waals surface area contributed by atoms with E-state index in [1.165, 1.54) is 56.1 Å². The highest BCUT2D eigenvalue weighted by molar-refractivity contribution is 5.53. The molecule has 0 atom stereocenters. The molecule has 0 radical (unpaired) electrons. The Bertz CT molecular complexity index is 389. The first-order valence-corrected chi connectivity index (χ1v) is 8.36.